The number of rotatable bonds is 7. The highest BCUT2D eigenvalue weighted by molar-refractivity contribution is 5.99. The second-order valence-corrected chi connectivity index (χ2v) is 8.00. The van der Waals surface area contributed by atoms with Gasteiger partial charge in [0, 0.05) is 18.2 Å². The zero-order valence-electron chi connectivity index (χ0n) is 17.4. The van der Waals surface area contributed by atoms with Crippen molar-refractivity contribution in [1.29, 1.82) is 0 Å². The fraction of sp³-hybridized carbons (Fsp3) is 0.667. The number of nitro benzene ring substituents is 1. The van der Waals surface area contributed by atoms with Crippen LogP contribution in [0.4, 0.5) is 5.69 Å². The van der Waals surface area contributed by atoms with Gasteiger partial charge in [-0.1, -0.05) is 25.7 Å². The number of amides is 1. The summed E-state index contributed by atoms with van der Waals surface area (Å²) >= 11 is 0. The van der Waals surface area contributed by atoms with E-state index in [4.69, 9.17) is 9.47 Å². The standard InChI is InChI=1S/C21H31N3O5/c1-28-18-13-16(17(24(26)27)14-19(18)29-2)20(25)22-15-21(9-5-3-6-10-21)23-11-7-4-8-12-23/h13-14H,3-12,15H2,1-2H3,(H,22,25). The molecule has 2 aliphatic rings. The van der Waals surface area contributed by atoms with E-state index >= 15 is 0 Å². The van der Waals surface area contributed by atoms with Gasteiger partial charge in [0.05, 0.1) is 25.2 Å². The van der Waals surface area contributed by atoms with Crippen LogP contribution in [0.15, 0.2) is 12.1 Å². The molecule has 1 heterocycles. The minimum Gasteiger partial charge on any atom is -0.493 e. The summed E-state index contributed by atoms with van der Waals surface area (Å²) in [5.74, 6) is 0.0825. The molecule has 29 heavy (non-hydrogen) atoms. The second kappa shape index (κ2) is 9.43. The number of hydrogen-bond acceptors (Lipinski definition) is 6. The van der Waals surface area contributed by atoms with Gasteiger partial charge in [0.2, 0.25) is 0 Å². The highest BCUT2D eigenvalue weighted by atomic mass is 16.6. The zero-order valence-corrected chi connectivity index (χ0v) is 17.4. The van der Waals surface area contributed by atoms with Gasteiger partial charge in [-0.3, -0.25) is 19.8 Å². The first kappa shape index (κ1) is 21.4. The third-order valence-electron chi connectivity index (χ3n) is 6.33. The van der Waals surface area contributed by atoms with Crippen molar-refractivity contribution >= 4 is 11.6 Å². The van der Waals surface area contributed by atoms with Gasteiger partial charge in [0.25, 0.3) is 11.6 Å². The smallest absolute Gasteiger partial charge is 0.286 e. The molecule has 0 atom stereocenters. The van der Waals surface area contributed by atoms with E-state index in [1.165, 1.54) is 52.0 Å². The first-order chi connectivity index (χ1) is 14.0. The van der Waals surface area contributed by atoms with Crippen molar-refractivity contribution in [3.05, 3.63) is 27.8 Å². The molecule has 0 unspecified atom stereocenters. The quantitative estimate of drug-likeness (QED) is 0.551. The minimum atomic E-state index is -0.558. The molecule has 0 spiro atoms. The topological polar surface area (TPSA) is 93.9 Å². The fourth-order valence-electron chi connectivity index (χ4n) is 4.72. The molecule has 1 aliphatic heterocycles. The Morgan fingerprint density at radius 2 is 1.66 bits per heavy atom. The van der Waals surface area contributed by atoms with Crippen LogP contribution in [0.5, 0.6) is 11.5 Å². The summed E-state index contributed by atoms with van der Waals surface area (Å²) in [4.78, 5) is 26.5. The Hall–Kier alpha value is -2.35. The highest BCUT2D eigenvalue weighted by Gasteiger charge is 2.39. The van der Waals surface area contributed by atoms with Crippen molar-refractivity contribution in [1.82, 2.24) is 10.2 Å². The van der Waals surface area contributed by atoms with Crippen LogP contribution in [0.2, 0.25) is 0 Å². The summed E-state index contributed by atoms with van der Waals surface area (Å²) in [5, 5.41) is 14.5. The van der Waals surface area contributed by atoms with E-state index in [1.54, 1.807) is 0 Å². The molecule has 0 radical (unpaired) electrons. The number of nitrogens with zero attached hydrogens (tertiary/aromatic N) is 2. The lowest BCUT2D eigenvalue weighted by Crippen LogP contribution is -2.58. The molecular weight excluding hydrogens is 374 g/mol. The molecule has 1 saturated heterocycles. The largest absolute Gasteiger partial charge is 0.493 e. The Balaban J connectivity index is 1.82. The third-order valence-corrected chi connectivity index (χ3v) is 6.33. The van der Waals surface area contributed by atoms with Crippen LogP contribution in [0.3, 0.4) is 0 Å². The summed E-state index contributed by atoms with van der Waals surface area (Å²) in [6.07, 6.45) is 9.30. The van der Waals surface area contributed by atoms with Crippen molar-refractivity contribution in [2.75, 3.05) is 33.9 Å². The number of methoxy groups -OCH3 is 2. The van der Waals surface area contributed by atoms with Gasteiger partial charge in [0.1, 0.15) is 5.56 Å². The molecule has 1 N–H and O–H groups in total. The number of likely N-dealkylation sites (tertiary alicyclic amines) is 1. The van der Waals surface area contributed by atoms with E-state index in [0.717, 1.165) is 38.8 Å². The van der Waals surface area contributed by atoms with Crippen LogP contribution in [0, 0.1) is 10.1 Å². The van der Waals surface area contributed by atoms with Gasteiger partial charge in [-0.15, -0.1) is 0 Å². The number of hydrogen-bond donors (Lipinski definition) is 1. The maximum absolute atomic E-state index is 13.0. The average molecular weight is 405 g/mol. The predicted octanol–water partition coefficient (Wildman–Crippen LogP) is 3.53. The molecule has 1 aliphatic carbocycles. The molecule has 3 rings (SSSR count). The van der Waals surface area contributed by atoms with Crippen molar-refractivity contribution < 1.29 is 19.2 Å². The Morgan fingerprint density at radius 1 is 1.07 bits per heavy atom. The lowest BCUT2D eigenvalue weighted by molar-refractivity contribution is -0.385. The van der Waals surface area contributed by atoms with E-state index in [-0.39, 0.29) is 22.5 Å². The van der Waals surface area contributed by atoms with E-state index in [1.807, 2.05) is 0 Å². The molecule has 2 fully saturated rings. The molecule has 1 aromatic carbocycles. The molecule has 8 nitrogen and oxygen atoms in total. The van der Waals surface area contributed by atoms with E-state index in [9.17, 15) is 14.9 Å². The van der Waals surface area contributed by atoms with E-state index in [0.29, 0.717) is 12.3 Å². The molecular formula is C21H31N3O5. The van der Waals surface area contributed by atoms with Crippen LogP contribution in [0.25, 0.3) is 0 Å². The summed E-state index contributed by atoms with van der Waals surface area (Å²) < 4.78 is 10.4. The van der Waals surface area contributed by atoms with Crippen molar-refractivity contribution in [2.45, 2.75) is 56.9 Å². The predicted molar refractivity (Wildman–Crippen MR) is 110 cm³/mol. The average Bonchev–Trinajstić information content (AvgIpc) is 2.77. The molecule has 0 aromatic heterocycles. The van der Waals surface area contributed by atoms with Gasteiger partial charge >= 0.3 is 0 Å². The number of nitro groups is 1. The lowest BCUT2D eigenvalue weighted by Gasteiger charge is -2.48. The van der Waals surface area contributed by atoms with Gasteiger partial charge in [-0.25, -0.2) is 0 Å². The number of piperidine rings is 1. The lowest BCUT2D eigenvalue weighted by atomic mass is 9.79. The van der Waals surface area contributed by atoms with E-state index < -0.39 is 10.8 Å². The molecule has 1 aromatic rings. The van der Waals surface area contributed by atoms with Gasteiger partial charge in [0.15, 0.2) is 11.5 Å². The summed E-state index contributed by atoms with van der Waals surface area (Å²) in [6.45, 7) is 2.64. The van der Waals surface area contributed by atoms with Crippen LogP contribution >= 0.6 is 0 Å². The van der Waals surface area contributed by atoms with Crippen LogP contribution in [-0.4, -0.2) is 55.1 Å². The second-order valence-electron chi connectivity index (χ2n) is 8.00. The summed E-state index contributed by atoms with van der Waals surface area (Å²) in [7, 11) is 2.85. The van der Waals surface area contributed by atoms with Crippen LogP contribution in [-0.2, 0) is 0 Å². The van der Waals surface area contributed by atoms with Crippen molar-refractivity contribution in [3.8, 4) is 11.5 Å². The zero-order chi connectivity index (χ0) is 20.9. The minimum absolute atomic E-state index is 0.00254. The number of benzene rings is 1. The first-order valence-corrected chi connectivity index (χ1v) is 10.4. The molecule has 1 saturated carbocycles. The van der Waals surface area contributed by atoms with Crippen LogP contribution in [0.1, 0.15) is 61.7 Å². The summed E-state index contributed by atoms with van der Waals surface area (Å²) in [5.41, 5.74) is -0.326. The van der Waals surface area contributed by atoms with E-state index in [2.05, 4.69) is 10.2 Å². The number of nitrogens with one attached hydrogen (secondary N) is 1. The normalized spacial score (nSPS) is 19.4. The SMILES string of the molecule is COc1cc(C(=O)NCC2(N3CCCCC3)CCCCC2)c([N+](=O)[O-])cc1OC. The third kappa shape index (κ3) is 4.63. The highest BCUT2D eigenvalue weighted by Crippen LogP contribution is 2.36. The Labute approximate surface area is 171 Å². The number of ether oxygens (including phenoxy) is 2. The molecule has 160 valence electrons. The Bertz CT molecular complexity index is 740. The van der Waals surface area contributed by atoms with Crippen LogP contribution < -0.4 is 14.8 Å². The number of carbonyl (C=O) groups excluding carboxylic acids is 1. The first-order valence-electron chi connectivity index (χ1n) is 10.4. The Morgan fingerprint density at radius 3 is 2.24 bits per heavy atom. The van der Waals surface area contributed by atoms with Crippen molar-refractivity contribution in [3.63, 3.8) is 0 Å². The molecule has 1 amide bonds. The number of carbonyl (C=O) groups is 1. The maximum atomic E-state index is 13.0. The van der Waals surface area contributed by atoms with Gasteiger partial charge in [-0.2, -0.15) is 0 Å². The molecule has 0 bridgehead atoms. The monoisotopic (exact) mass is 405 g/mol. The maximum Gasteiger partial charge on any atom is 0.286 e. The fourth-order valence-corrected chi connectivity index (χ4v) is 4.72. The van der Waals surface area contributed by atoms with Gasteiger partial charge < -0.3 is 14.8 Å². The van der Waals surface area contributed by atoms with Gasteiger partial charge in [-0.05, 0) is 38.8 Å². The Kier molecular flexibility index (Phi) is 6.95. The molecule has 8 heteroatoms. The van der Waals surface area contributed by atoms with Crippen molar-refractivity contribution in [2.24, 2.45) is 0 Å². The summed E-state index contributed by atoms with van der Waals surface area (Å²) in [6, 6.07) is 2.63.